The molecule has 0 unspecified atom stereocenters. The number of carboxylic acids is 1. The molecular weight excluding hydrogens is 252 g/mol. The van der Waals surface area contributed by atoms with E-state index in [1.165, 1.54) is 6.07 Å². The Hall–Kier alpha value is -1.20. The third-order valence-electron chi connectivity index (χ3n) is 2.25. The Kier molecular flexibility index (Phi) is 7.29. The second-order valence-electron chi connectivity index (χ2n) is 3.69. The van der Waals surface area contributed by atoms with Crippen molar-refractivity contribution in [1.82, 2.24) is 0 Å². The summed E-state index contributed by atoms with van der Waals surface area (Å²) in [7, 11) is 0. The number of benzene rings is 1. The van der Waals surface area contributed by atoms with Gasteiger partial charge in [-0.15, -0.1) is 0 Å². The van der Waals surface area contributed by atoms with E-state index in [9.17, 15) is 4.79 Å². The molecule has 0 aliphatic rings. The van der Waals surface area contributed by atoms with Crippen molar-refractivity contribution >= 4 is 17.7 Å². The second kappa shape index (κ2) is 8.83. The van der Waals surface area contributed by atoms with E-state index < -0.39 is 5.97 Å². The Bertz CT molecular complexity index is 368. The van der Waals surface area contributed by atoms with E-state index in [1.807, 2.05) is 0 Å². The fraction of sp³-hybridized carbons (Fsp3) is 0.462. The maximum atomic E-state index is 10.9. The smallest absolute Gasteiger partial charge is 0.339 e. The van der Waals surface area contributed by atoms with Crippen LogP contribution in [0.3, 0.4) is 0 Å². The molecule has 1 aromatic rings. The van der Waals surface area contributed by atoms with Crippen LogP contribution in [0.15, 0.2) is 24.3 Å². The van der Waals surface area contributed by atoms with Crippen LogP contribution in [-0.2, 0) is 0 Å². The number of thioether (sulfide) groups is 1. The summed E-state index contributed by atoms with van der Waals surface area (Å²) in [6, 6.07) is 6.65. The molecule has 0 aliphatic carbocycles. The molecule has 0 saturated carbocycles. The van der Waals surface area contributed by atoms with Crippen molar-refractivity contribution in [2.75, 3.05) is 24.7 Å². The largest absolute Gasteiger partial charge is 0.493 e. The molecular formula is C13H18O4S. The van der Waals surface area contributed by atoms with Crippen LogP contribution < -0.4 is 4.74 Å². The third-order valence-corrected chi connectivity index (χ3v) is 3.41. The number of aliphatic hydroxyl groups excluding tert-OH is 1. The van der Waals surface area contributed by atoms with Gasteiger partial charge in [-0.05, 0) is 36.5 Å². The molecule has 0 bridgehead atoms. The Morgan fingerprint density at radius 3 is 2.67 bits per heavy atom. The Balaban J connectivity index is 2.25. The number of hydrogen-bond acceptors (Lipinski definition) is 4. The van der Waals surface area contributed by atoms with Crippen molar-refractivity contribution in [3.63, 3.8) is 0 Å². The molecule has 100 valence electrons. The van der Waals surface area contributed by atoms with Gasteiger partial charge in [0.05, 0.1) is 6.61 Å². The minimum absolute atomic E-state index is 0.199. The average Bonchev–Trinajstić information content (AvgIpc) is 2.38. The van der Waals surface area contributed by atoms with Crippen LogP contribution in [-0.4, -0.2) is 40.9 Å². The minimum Gasteiger partial charge on any atom is -0.493 e. The molecule has 0 heterocycles. The molecule has 0 spiro atoms. The summed E-state index contributed by atoms with van der Waals surface area (Å²) in [6.07, 6.45) is 1.68. The van der Waals surface area contributed by atoms with Crippen molar-refractivity contribution in [3.05, 3.63) is 29.8 Å². The standard InChI is InChI=1S/C13H18O4S/c14-7-3-9-18-10-4-8-17-12-6-2-1-5-11(12)13(15)16/h1-2,5-6,14H,3-4,7-10H2,(H,15,16). The molecule has 0 aliphatic heterocycles. The number of aromatic carboxylic acids is 1. The van der Waals surface area contributed by atoms with Crippen molar-refractivity contribution < 1.29 is 19.7 Å². The number of ether oxygens (including phenoxy) is 1. The lowest BCUT2D eigenvalue weighted by molar-refractivity contribution is 0.0692. The van der Waals surface area contributed by atoms with Crippen molar-refractivity contribution in [1.29, 1.82) is 0 Å². The third kappa shape index (κ3) is 5.42. The van der Waals surface area contributed by atoms with Gasteiger partial charge in [0.2, 0.25) is 0 Å². The molecule has 18 heavy (non-hydrogen) atoms. The first kappa shape index (κ1) is 14.9. The quantitative estimate of drug-likeness (QED) is 0.674. The average molecular weight is 270 g/mol. The molecule has 0 radical (unpaired) electrons. The van der Waals surface area contributed by atoms with Crippen LogP contribution in [0.4, 0.5) is 0 Å². The second-order valence-corrected chi connectivity index (χ2v) is 4.92. The Morgan fingerprint density at radius 1 is 1.22 bits per heavy atom. The highest BCUT2D eigenvalue weighted by atomic mass is 32.2. The molecule has 0 atom stereocenters. The summed E-state index contributed by atoms with van der Waals surface area (Å²) in [4.78, 5) is 10.9. The zero-order valence-electron chi connectivity index (χ0n) is 10.2. The number of hydrogen-bond donors (Lipinski definition) is 2. The predicted molar refractivity (Wildman–Crippen MR) is 72.5 cm³/mol. The van der Waals surface area contributed by atoms with Crippen molar-refractivity contribution in [2.24, 2.45) is 0 Å². The fourth-order valence-electron chi connectivity index (χ4n) is 1.38. The summed E-state index contributed by atoms with van der Waals surface area (Å²) in [5.41, 5.74) is 0.199. The first-order valence-electron chi connectivity index (χ1n) is 5.89. The highest BCUT2D eigenvalue weighted by molar-refractivity contribution is 7.99. The molecule has 5 heteroatoms. The number of rotatable bonds is 9. The lowest BCUT2D eigenvalue weighted by atomic mass is 10.2. The molecule has 0 amide bonds. The summed E-state index contributed by atoms with van der Waals surface area (Å²) in [6.45, 7) is 0.742. The normalized spacial score (nSPS) is 10.3. The molecule has 0 fully saturated rings. The predicted octanol–water partition coefficient (Wildman–Crippen LogP) is 2.27. The summed E-state index contributed by atoms with van der Waals surface area (Å²) < 4.78 is 5.46. The van der Waals surface area contributed by atoms with E-state index in [2.05, 4.69) is 0 Å². The van der Waals surface area contributed by atoms with Crippen LogP contribution in [0.2, 0.25) is 0 Å². The van der Waals surface area contributed by atoms with Gasteiger partial charge in [0.15, 0.2) is 0 Å². The number of carboxylic acid groups (broad SMARTS) is 1. The van der Waals surface area contributed by atoms with E-state index in [0.717, 1.165) is 24.3 Å². The van der Waals surface area contributed by atoms with E-state index in [4.69, 9.17) is 14.9 Å². The molecule has 2 N–H and O–H groups in total. The van der Waals surface area contributed by atoms with E-state index in [1.54, 1.807) is 30.0 Å². The Morgan fingerprint density at radius 2 is 1.94 bits per heavy atom. The zero-order valence-corrected chi connectivity index (χ0v) is 11.0. The summed E-state index contributed by atoms with van der Waals surface area (Å²) >= 11 is 1.77. The number of para-hydroxylation sites is 1. The first-order chi connectivity index (χ1) is 8.75. The van der Waals surface area contributed by atoms with Crippen LogP contribution in [0.5, 0.6) is 5.75 Å². The number of aliphatic hydroxyl groups is 1. The van der Waals surface area contributed by atoms with Gasteiger partial charge in [-0.25, -0.2) is 4.79 Å². The maximum Gasteiger partial charge on any atom is 0.339 e. The van der Waals surface area contributed by atoms with Crippen LogP contribution in [0.25, 0.3) is 0 Å². The SMILES string of the molecule is O=C(O)c1ccccc1OCCCSCCCO. The van der Waals surface area contributed by atoms with Gasteiger partial charge in [-0.2, -0.15) is 11.8 Å². The van der Waals surface area contributed by atoms with E-state index >= 15 is 0 Å². The lowest BCUT2D eigenvalue weighted by Gasteiger charge is -2.08. The lowest BCUT2D eigenvalue weighted by Crippen LogP contribution is -2.05. The molecule has 1 aromatic carbocycles. The van der Waals surface area contributed by atoms with Crippen molar-refractivity contribution in [3.8, 4) is 5.75 Å². The highest BCUT2D eigenvalue weighted by Gasteiger charge is 2.09. The van der Waals surface area contributed by atoms with Gasteiger partial charge in [0.25, 0.3) is 0 Å². The van der Waals surface area contributed by atoms with Crippen LogP contribution in [0.1, 0.15) is 23.2 Å². The fourth-order valence-corrected chi connectivity index (χ4v) is 2.24. The Labute approximate surface area is 111 Å². The summed E-state index contributed by atoms with van der Waals surface area (Å²) in [5, 5.41) is 17.6. The first-order valence-corrected chi connectivity index (χ1v) is 7.05. The maximum absolute atomic E-state index is 10.9. The van der Waals surface area contributed by atoms with Crippen LogP contribution in [0, 0.1) is 0 Å². The van der Waals surface area contributed by atoms with Gasteiger partial charge in [0, 0.05) is 6.61 Å². The molecule has 0 saturated heterocycles. The topological polar surface area (TPSA) is 66.8 Å². The monoisotopic (exact) mass is 270 g/mol. The zero-order chi connectivity index (χ0) is 13.2. The van der Waals surface area contributed by atoms with Crippen LogP contribution >= 0.6 is 11.8 Å². The van der Waals surface area contributed by atoms with E-state index in [-0.39, 0.29) is 12.2 Å². The van der Waals surface area contributed by atoms with Gasteiger partial charge in [-0.3, -0.25) is 0 Å². The van der Waals surface area contributed by atoms with Crippen molar-refractivity contribution in [2.45, 2.75) is 12.8 Å². The molecule has 1 rings (SSSR count). The molecule has 4 nitrogen and oxygen atoms in total. The van der Waals surface area contributed by atoms with Gasteiger partial charge < -0.3 is 14.9 Å². The minimum atomic E-state index is -0.970. The van der Waals surface area contributed by atoms with Gasteiger partial charge >= 0.3 is 5.97 Å². The number of carbonyl (C=O) groups is 1. The molecule has 0 aromatic heterocycles. The summed E-state index contributed by atoms with van der Waals surface area (Å²) in [5.74, 6) is 1.35. The van der Waals surface area contributed by atoms with Gasteiger partial charge in [0.1, 0.15) is 11.3 Å². The highest BCUT2D eigenvalue weighted by Crippen LogP contribution is 2.18. The van der Waals surface area contributed by atoms with E-state index in [0.29, 0.717) is 12.4 Å². The van der Waals surface area contributed by atoms with Gasteiger partial charge in [-0.1, -0.05) is 12.1 Å².